The zero-order valence-electron chi connectivity index (χ0n) is 8.95. The van der Waals surface area contributed by atoms with E-state index in [1.165, 1.54) is 0 Å². The number of aliphatic hydroxyl groups excluding tert-OH is 1. The van der Waals surface area contributed by atoms with Gasteiger partial charge >= 0.3 is 0 Å². The summed E-state index contributed by atoms with van der Waals surface area (Å²) >= 11 is 0. The van der Waals surface area contributed by atoms with Crippen molar-refractivity contribution >= 4 is 0 Å². The Balaban J connectivity index is 2.01. The molecule has 2 aliphatic rings. The van der Waals surface area contributed by atoms with Crippen LogP contribution in [0.5, 0.6) is 0 Å². The van der Waals surface area contributed by atoms with E-state index in [1.807, 2.05) is 6.92 Å². The summed E-state index contributed by atoms with van der Waals surface area (Å²) in [7, 11) is 0. The first kappa shape index (κ1) is 10.8. The molecule has 2 nitrogen and oxygen atoms in total. The third-order valence-corrected chi connectivity index (χ3v) is 3.17. The van der Waals surface area contributed by atoms with Crippen LogP contribution in [0.4, 0.5) is 4.39 Å². The Morgan fingerprint density at radius 3 is 3.20 bits per heavy atom. The maximum Gasteiger partial charge on any atom is 0.119 e. The molecule has 3 unspecified atom stereocenters. The van der Waals surface area contributed by atoms with E-state index in [0.717, 1.165) is 18.4 Å². The molecule has 0 amide bonds. The van der Waals surface area contributed by atoms with Crippen molar-refractivity contribution in [3.63, 3.8) is 0 Å². The van der Waals surface area contributed by atoms with Crippen molar-refractivity contribution in [1.82, 2.24) is 0 Å². The summed E-state index contributed by atoms with van der Waals surface area (Å²) in [6.45, 7) is 1.94. The van der Waals surface area contributed by atoms with Gasteiger partial charge in [0.15, 0.2) is 0 Å². The highest BCUT2D eigenvalue weighted by Gasteiger charge is 2.31. The monoisotopic (exact) mass is 212 g/mol. The van der Waals surface area contributed by atoms with Gasteiger partial charge in [0.1, 0.15) is 5.83 Å². The molecule has 1 aliphatic heterocycles. The van der Waals surface area contributed by atoms with Crippen LogP contribution in [0.25, 0.3) is 0 Å². The van der Waals surface area contributed by atoms with Crippen LogP contribution in [-0.4, -0.2) is 23.4 Å². The summed E-state index contributed by atoms with van der Waals surface area (Å²) in [6, 6.07) is 0. The van der Waals surface area contributed by atoms with Crippen LogP contribution in [0.15, 0.2) is 23.6 Å². The largest absolute Gasteiger partial charge is 0.390 e. The van der Waals surface area contributed by atoms with Crippen LogP contribution in [0, 0.1) is 0 Å². The predicted molar refractivity (Wildman–Crippen MR) is 56.1 cm³/mol. The van der Waals surface area contributed by atoms with Gasteiger partial charge in [-0.25, -0.2) is 4.39 Å². The first-order valence-corrected chi connectivity index (χ1v) is 5.60. The molecule has 1 saturated heterocycles. The number of hydrogen-bond acceptors (Lipinski definition) is 2. The summed E-state index contributed by atoms with van der Waals surface area (Å²) in [4.78, 5) is 0. The normalized spacial score (nSPS) is 32.7. The molecule has 0 aromatic heterocycles. The van der Waals surface area contributed by atoms with Crippen molar-refractivity contribution in [2.24, 2.45) is 0 Å². The second-order valence-corrected chi connectivity index (χ2v) is 4.22. The summed E-state index contributed by atoms with van der Waals surface area (Å²) in [5.41, 5.74) is 1.04. The molecule has 0 aromatic rings. The summed E-state index contributed by atoms with van der Waals surface area (Å²) in [5.74, 6) is -0.153. The standard InChI is InChI=1S/C12H17FO2/c1-2-10(14)12-5-3-8-7-9(13)4-6-11(8)15-12/h4,7,10-12,14H,2-3,5-6H2,1H3. The van der Waals surface area contributed by atoms with Crippen LogP contribution >= 0.6 is 0 Å². The molecule has 0 spiro atoms. The molecule has 0 bridgehead atoms. The van der Waals surface area contributed by atoms with E-state index in [4.69, 9.17) is 4.74 Å². The van der Waals surface area contributed by atoms with Crippen LogP contribution < -0.4 is 0 Å². The minimum absolute atomic E-state index is 0.00977. The van der Waals surface area contributed by atoms with Crippen LogP contribution in [0.2, 0.25) is 0 Å². The minimum Gasteiger partial charge on any atom is -0.390 e. The van der Waals surface area contributed by atoms with Gasteiger partial charge in [-0.05, 0) is 43.4 Å². The third kappa shape index (κ3) is 2.29. The van der Waals surface area contributed by atoms with Gasteiger partial charge in [0.25, 0.3) is 0 Å². The Morgan fingerprint density at radius 1 is 1.67 bits per heavy atom. The number of fused-ring (bicyclic) bond motifs is 1. The molecule has 0 saturated carbocycles. The van der Waals surface area contributed by atoms with Crippen molar-refractivity contribution in [2.75, 3.05) is 0 Å². The predicted octanol–water partition coefficient (Wildman–Crippen LogP) is 2.49. The molecule has 1 aliphatic carbocycles. The minimum atomic E-state index is -0.387. The highest BCUT2D eigenvalue weighted by atomic mass is 19.1. The molecule has 15 heavy (non-hydrogen) atoms. The second-order valence-electron chi connectivity index (χ2n) is 4.22. The summed E-state index contributed by atoms with van der Waals surface area (Å²) in [6.07, 6.45) is 5.60. The summed E-state index contributed by atoms with van der Waals surface area (Å²) in [5, 5.41) is 9.69. The fourth-order valence-corrected chi connectivity index (χ4v) is 2.21. The molecule has 0 radical (unpaired) electrons. The fraction of sp³-hybridized carbons (Fsp3) is 0.667. The highest BCUT2D eigenvalue weighted by molar-refractivity contribution is 5.27. The van der Waals surface area contributed by atoms with E-state index in [-0.39, 0.29) is 24.1 Å². The maximum atomic E-state index is 13.0. The molecule has 3 heteroatoms. The van der Waals surface area contributed by atoms with Gasteiger partial charge in [0, 0.05) is 0 Å². The van der Waals surface area contributed by atoms with Gasteiger partial charge in [0.05, 0.1) is 18.3 Å². The average Bonchev–Trinajstić information content (AvgIpc) is 2.27. The molecular weight excluding hydrogens is 195 g/mol. The van der Waals surface area contributed by atoms with Crippen molar-refractivity contribution in [1.29, 1.82) is 0 Å². The third-order valence-electron chi connectivity index (χ3n) is 3.17. The lowest BCUT2D eigenvalue weighted by Gasteiger charge is -2.35. The smallest absolute Gasteiger partial charge is 0.119 e. The second kappa shape index (κ2) is 4.45. The Morgan fingerprint density at radius 2 is 2.47 bits per heavy atom. The Hall–Kier alpha value is -0.670. The number of ether oxygens (including phenoxy) is 1. The molecular formula is C12H17FO2. The topological polar surface area (TPSA) is 29.5 Å². The molecule has 0 aromatic carbocycles. The number of aliphatic hydroxyl groups is 1. The van der Waals surface area contributed by atoms with E-state index >= 15 is 0 Å². The van der Waals surface area contributed by atoms with E-state index in [1.54, 1.807) is 12.2 Å². The van der Waals surface area contributed by atoms with Crippen LogP contribution in [-0.2, 0) is 4.74 Å². The molecule has 3 atom stereocenters. The highest BCUT2D eigenvalue weighted by Crippen LogP contribution is 2.32. The lowest BCUT2D eigenvalue weighted by molar-refractivity contribution is -0.0841. The number of allylic oxidation sites excluding steroid dienone is 2. The molecule has 1 N–H and O–H groups in total. The Bertz CT molecular complexity index is 296. The number of rotatable bonds is 2. The molecule has 1 heterocycles. The quantitative estimate of drug-likeness (QED) is 0.762. The first-order chi connectivity index (χ1) is 7.20. The van der Waals surface area contributed by atoms with Crippen molar-refractivity contribution in [3.8, 4) is 0 Å². The van der Waals surface area contributed by atoms with Crippen molar-refractivity contribution in [2.45, 2.75) is 50.9 Å². The zero-order chi connectivity index (χ0) is 10.8. The van der Waals surface area contributed by atoms with Gasteiger partial charge in [0.2, 0.25) is 0 Å². The van der Waals surface area contributed by atoms with E-state index in [0.29, 0.717) is 12.8 Å². The number of hydrogen-bond donors (Lipinski definition) is 1. The van der Waals surface area contributed by atoms with Crippen LogP contribution in [0.1, 0.15) is 32.6 Å². The Labute approximate surface area is 89.4 Å². The van der Waals surface area contributed by atoms with E-state index in [9.17, 15) is 9.50 Å². The first-order valence-electron chi connectivity index (χ1n) is 5.60. The van der Waals surface area contributed by atoms with E-state index < -0.39 is 0 Å². The van der Waals surface area contributed by atoms with Gasteiger partial charge in [-0.1, -0.05) is 6.92 Å². The van der Waals surface area contributed by atoms with Crippen LogP contribution in [0.3, 0.4) is 0 Å². The van der Waals surface area contributed by atoms with Crippen molar-refractivity contribution < 1.29 is 14.2 Å². The van der Waals surface area contributed by atoms with Gasteiger partial charge in [-0.15, -0.1) is 0 Å². The summed E-state index contributed by atoms with van der Waals surface area (Å²) < 4.78 is 18.7. The maximum absolute atomic E-state index is 13.0. The Kier molecular flexibility index (Phi) is 3.22. The molecule has 84 valence electrons. The fourth-order valence-electron chi connectivity index (χ4n) is 2.21. The van der Waals surface area contributed by atoms with Gasteiger partial charge in [-0.2, -0.15) is 0 Å². The SMILES string of the molecule is CCC(O)C1CCC2=CC(F)=CCC2O1. The average molecular weight is 212 g/mol. The number of halogens is 1. The lowest BCUT2D eigenvalue weighted by atomic mass is 9.90. The molecule has 1 fully saturated rings. The lowest BCUT2D eigenvalue weighted by Crippen LogP contribution is -2.37. The zero-order valence-corrected chi connectivity index (χ0v) is 8.95. The van der Waals surface area contributed by atoms with Gasteiger partial charge in [-0.3, -0.25) is 0 Å². The van der Waals surface area contributed by atoms with E-state index in [2.05, 4.69) is 0 Å². The van der Waals surface area contributed by atoms with Gasteiger partial charge < -0.3 is 9.84 Å². The van der Waals surface area contributed by atoms with Crippen molar-refractivity contribution in [3.05, 3.63) is 23.6 Å². The molecule has 2 rings (SSSR count).